The molecule has 0 aromatic heterocycles. The number of carboxylic acids is 1. The predicted molar refractivity (Wildman–Crippen MR) is 105 cm³/mol. The third-order valence-corrected chi connectivity index (χ3v) is 5.31. The number of nitrogens with one attached hydrogen (secondary N) is 1. The van der Waals surface area contributed by atoms with Crippen molar-refractivity contribution in [1.29, 1.82) is 0 Å². The molecule has 5 nitrogen and oxygen atoms in total. The molecule has 0 aliphatic carbocycles. The number of hydrogen-bond acceptors (Lipinski definition) is 3. The molecule has 1 aliphatic heterocycles. The minimum absolute atomic E-state index is 0.0180. The van der Waals surface area contributed by atoms with Crippen molar-refractivity contribution in [3.8, 4) is 0 Å². The Labute approximate surface area is 176 Å². The molecule has 3 atom stereocenters. The van der Waals surface area contributed by atoms with Crippen LogP contribution in [0.15, 0.2) is 48.5 Å². The van der Waals surface area contributed by atoms with Crippen LogP contribution in [-0.4, -0.2) is 40.6 Å². The van der Waals surface area contributed by atoms with Crippen LogP contribution in [0.25, 0.3) is 0 Å². The third kappa shape index (κ3) is 5.61. The van der Waals surface area contributed by atoms with E-state index >= 15 is 0 Å². The normalized spacial score (nSPS) is 20.4. The van der Waals surface area contributed by atoms with Crippen molar-refractivity contribution in [3.63, 3.8) is 0 Å². The Morgan fingerprint density at radius 1 is 1.19 bits per heavy atom. The van der Waals surface area contributed by atoms with Gasteiger partial charge in [-0.05, 0) is 36.2 Å². The van der Waals surface area contributed by atoms with Crippen LogP contribution in [0, 0.1) is 0 Å². The molecule has 1 saturated heterocycles. The van der Waals surface area contributed by atoms with Crippen LogP contribution in [0.4, 0.5) is 17.6 Å². The maximum atomic E-state index is 14.1. The maximum absolute atomic E-state index is 14.1. The second-order valence-corrected chi connectivity index (χ2v) is 7.63. The van der Waals surface area contributed by atoms with E-state index in [-0.39, 0.29) is 25.1 Å². The Kier molecular flexibility index (Phi) is 6.64. The summed E-state index contributed by atoms with van der Waals surface area (Å²) in [5, 5.41) is 11.8. The van der Waals surface area contributed by atoms with Crippen molar-refractivity contribution in [3.05, 3.63) is 70.8 Å². The Hall–Kier alpha value is -2.94. The summed E-state index contributed by atoms with van der Waals surface area (Å²) < 4.78 is 52.9. The Bertz CT molecular complexity index is 947. The standard InChI is InChI=1S/C22H22F4N2O3/c1-13(15-5-7-16(8-6-15)21(30)31)27-20(29)19-10-18(23)12-28(19)11-14-3-2-4-17(9-14)22(24,25)26/h2-9,13,18-19H,10-12H2,1H3,(H,27,29)(H,30,31)/t13-,18-,19+/m0/s1. The van der Waals surface area contributed by atoms with E-state index < -0.39 is 41.9 Å². The largest absolute Gasteiger partial charge is 0.478 e. The molecule has 2 aromatic carbocycles. The second-order valence-electron chi connectivity index (χ2n) is 7.63. The number of halogens is 4. The molecule has 1 aliphatic rings. The number of rotatable bonds is 6. The summed E-state index contributed by atoms with van der Waals surface area (Å²) in [6, 6.07) is 9.53. The number of carbonyl (C=O) groups excluding carboxylic acids is 1. The molecule has 31 heavy (non-hydrogen) atoms. The summed E-state index contributed by atoms with van der Waals surface area (Å²) in [5.41, 5.74) is 0.350. The molecule has 0 bridgehead atoms. The van der Waals surface area contributed by atoms with Crippen LogP contribution in [-0.2, 0) is 17.5 Å². The van der Waals surface area contributed by atoms with Crippen LogP contribution in [0.3, 0.4) is 0 Å². The predicted octanol–water partition coefficient (Wildman–Crippen LogP) is 4.19. The number of nitrogens with zero attached hydrogens (tertiary/aromatic N) is 1. The van der Waals surface area contributed by atoms with Crippen molar-refractivity contribution in [2.75, 3.05) is 6.54 Å². The van der Waals surface area contributed by atoms with Crippen molar-refractivity contribution < 1.29 is 32.3 Å². The van der Waals surface area contributed by atoms with Gasteiger partial charge in [0.15, 0.2) is 0 Å². The van der Waals surface area contributed by atoms with E-state index in [9.17, 15) is 27.2 Å². The number of benzene rings is 2. The van der Waals surface area contributed by atoms with Crippen LogP contribution < -0.4 is 5.32 Å². The van der Waals surface area contributed by atoms with Gasteiger partial charge < -0.3 is 10.4 Å². The van der Waals surface area contributed by atoms with Gasteiger partial charge in [-0.2, -0.15) is 13.2 Å². The van der Waals surface area contributed by atoms with Crippen molar-refractivity contribution in [2.24, 2.45) is 0 Å². The lowest BCUT2D eigenvalue weighted by Gasteiger charge is -2.25. The quantitative estimate of drug-likeness (QED) is 0.664. The van der Waals surface area contributed by atoms with E-state index in [0.717, 1.165) is 12.1 Å². The first-order chi connectivity index (χ1) is 14.5. The monoisotopic (exact) mass is 438 g/mol. The molecular formula is C22H22F4N2O3. The van der Waals surface area contributed by atoms with Gasteiger partial charge in [0, 0.05) is 19.5 Å². The zero-order valence-corrected chi connectivity index (χ0v) is 16.7. The molecule has 0 saturated carbocycles. The van der Waals surface area contributed by atoms with E-state index in [1.165, 1.54) is 29.2 Å². The first kappa shape index (κ1) is 22.7. The highest BCUT2D eigenvalue weighted by molar-refractivity contribution is 5.87. The summed E-state index contributed by atoms with van der Waals surface area (Å²) in [6.45, 7) is 1.69. The molecule has 1 amide bonds. The molecular weight excluding hydrogens is 416 g/mol. The number of alkyl halides is 4. The van der Waals surface area contributed by atoms with E-state index in [1.807, 2.05) is 0 Å². The van der Waals surface area contributed by atoms with Crippen LogP contribution in [0.5, 0.6) is 0 Å². The molecule has 1 heterocycles. The average Bonchev–Trinajstić information content (AvgIpc) is 3.07. The smallest absolute Gasteiger partial charge is 0.416 e. The van der Waals surface area contributed by atoms with Gasteiger partial charge in [0.2, 0.25) is 5.91 Å². The lowest BCUT2D eigenvalue weighted by Crippen LogP contribution is -2.43. The van der Waals surface area contributed by atoms with Gasteiger partial charge in [0.25, 0.3) is 0 Å². The molecule has 0 spiro atoms. The van der Waals surface area contributed by atoms with Crippen LogP contribution in [0.2, 0.25) is 0 Å². The van der Waals surface area contributed by atoms with Gasteiger partial charge >= 0.3 is 12.1 Å². The minimum atomic E-state index is -4.48. The first-order valence-electron chi connectivity index (χ1n) is 9.72. The molecule has 0 unspecified atom stereocenters. The van der Waals surface area contributed by atoms with Crippen molar-refractivity contribution in [1.82, 2.24) is 10.2 Å². The lowest BCUT2D eigenvalue weighted by molar-refractivity contribution is -0.137. The topological polar surface area (TPSA) is 69.6 Å². The van der Waals surface area contributed by atoms with Gasteiger partial charge in [-0.15, -0.1) is 0 Å². The second kappa shape index (κ2) is 9.05. The highest BCUT2D eigenvalue weighted by Crippen LogP contribution is 2.31. The van der Waals surface area contributed by atoms with Crippen LogP contribution >= 0.6 is 0 Å². The highest BCUT2D eigenvalue weighted by atomic mass is 19.4. The van der Waals surface area contributed by atoms with E-state index in [2.05, 4.69) is 5.32 Å². The number of aromatic carboxylic acids is 1. The molecule has 2 N–H and O–H groups in total. The number of likely N-dealkylation sites (tertiary alicyclic amines) is 1. The van der Waals surface area contributed by atoms with Gasteiger partial charge in [-0.3, -0.25) is 9.69 Å². The summed E-state index contributed by atoms with van der Waals surface area (Å²) in [5.74, 6) is -1.49. The maximum Gasteiger partial charge on any atom is 0.416 e. The van der Waals surface area contributed by atoms with E-state index in [1.54, 1.807) is 19.1 Å². The van der Waals surface area contributed by atoms with Gasteiger partial charge in [-0.25, -0.2) is 9.18 Å². The van der Waals surface area contributed by atoms with Gasteiger partial charge in [0.1, 0.15) is 6.17 Å². The summed E-state index contributed by atoms with van der Waals surface area (Å²) in [6.07, 6.45) is -5.78. The molecule has 166 valence electrons. The Morgan fingerprint density at radius 2 is 1.87 bits per heavy atom. The summed E-state index contributed by atoms with van der Waals surface area (Å²) >= 11 is 0. The Morgan fingerprint density at radius 3 is 2.48 bits per heavy atom. The van der Waals surface area contributed by atoms with E-state index in [0.29, 0.717) is 11.1 Å². The zero-order valence-electron chi connectivity index (χ0n) is 16.7. The van der Waals surface area contributed by atoms with Crippen molar-refractivity contribution >= 4 is 11.9 Å². The fraction of sp³-hybridized carbons (Fsp3) is 0.364. The minimum Gasteiger partial charge on any atom is -0.478 e. The number of hydrogen-bond donors (Lipinski definition) is 2. The molecule has 3 rings (SSSR count). The number of amides is 1. The fourth-order valence-corrected chi connectivity index (χ4v) is 3.68. The average molecular weight is 438 g/mol. The molecule has 1 fully saturated rings. The number of carbonyl (C=O) groups is 2. The highest BCUT2D eigenvalue weighted by Gasteiger charge is 2.38. The lowest BCUT2D eigenvalue weighted by atomic mass is 10.0. The first-order valence-corrected chi connectivity index (χ1v) is 9.72. The molecule has 9 heteroatoms. The fourth-order valence-electron chi connectivity index (χ4n) is 3.68. The Balaban J connectivity index is 1.69. The van der Waals surface area contributed by atoms with Gasteiger partial charge in [-0.1, -0.05) is 30.3 Å². The third-order valence-electron chi connectivity index (χ3n) is 5.31. The zero-order chi connectivity index (χ0) is 22.8. The number of carboxylic acid groups (broad SMARTS) is 1. The summed E-state index contributed by atoms with van der Waals surface area (Å²) in [7, 11) is 0. The SMILES string of the molecule is C[C@H](NC(=O)[C@H]1C[C@H](F)CN1Cc1cccc(C(F)(F)F)c1)c1ccc(C(=O)O)cc1. The summed E-state index contributed by atoms with van der Waals surface area (Å²) in [4.78, 5) is 25.3. The van der Waals surface area contributed by atoms with Gasteiger partial charge in [0.05, 0.1) is 23.2 Å². The van der Waals surface area contributed by atoms with Crippen LogP contribution in [0.1, 0.15) is 46.4 Å². The van der Waals surface area contributed by atoms with E-state index in [4.69, 9.17) is 5.11 Å². The molecule has 0 radical (unpaired) electrons. The van der Waals surface area contributed by atoms with Crippen molar-refractivity contribution in [2.45, 2.75) is 44.3 Å². The molecule has 2 aromatic rings.